The highest BCUT2D eigenvalue weighted by atomic mass is 19.1. The number of nitrogens with zero attached hydrogens (tertiary/aromatic N) is 5. The summed E-state index contributed by atoms with van der Waals surface area (Å²) in [5, 5.41) is 21.3. The monoisotopic (exact) mass is 448 g/mol. The van der Waals surface area contributed by atoms with Gasteiger partial charge in [0.05, 0.1) is 18.2 Å². The first-order valence-electron chi connectivity index (χ1n) is 10.9. The second-order valence-corrected chi connectivity index (χ2v) is 8.44. The Balaban J connectivity index is 1.51. The topological polar surface area (TPSA) is 90.3 Å². The molecule has 0 amide bonds. The predicted octanol–water partition coefficient (Wildman–Crippen LogP) is 2.34. The van der Waals surface area contributed by atoms with Crippen LogP contribution in [-0.4, -0.2) is 69.3 Å². The van der Waals surface area contributed by atoms with Crippen molar-refractivity contribution in [2.24, 2.45) is 0 Å². The van der Waals surface area contributed by atoms with E-state index in [9.17, 15) is 14.3 Å². The molecule has 2 N–H and O–H groups in total. The minimum Gasteiger partial charge on any atom is -0.395 e. The third kappa shape index (κ3) is 3.79. The molecule has 0 spiro atoms. The molecule has 8 nitrogen and oxygen atoms in total. The van der Waals surface area contributed by atoms with Crippen molar-refractivity contribution in [3.63, 3.8) is 0 Å². The van der Waals surface area contributed by atoms with Gasteiger partial charge in [0.2, 0.25) is 0 Å². The van der Waals surface area contributed by atoms with Crippen LogP contribution in [0.1, 0.15) is 5.56 Å². The third-order valence-electron chi connectivity index (χ3n) is 6.34. The number of para-hydroxylation sites is 1. The van der Waals surface area contributed by atoms with Gasteiger partial charge in [-0.25, -0.2) is 4.39 Å². The standard InChI is InChI=1S/C24H25FN6O2/c1-15-4-3-5-19(25)24(15)31-21(33)12-20-23(28-31)22(27-26-20)16-6-8-17(9-7-16)30-11-10-29(2)18(13-30)14-32/h3-9,12,18,26,32H,10-11,13-14H2,1-2H3. The molecule has 3 heterocycles. The number of fused-ring (bicyclic) bond motifs is 1. The molecule has 0 saturated carbocycles. The number of benzene rings is 2. The normalized spacial score (nSPS) is 17.1. The number of piperazine rings is 1. The molecule has 1 aliphatic rings. The highest BCUT2D eigenvalue weighted by molar-refractivity contribution is 5.89. The molecule has 1 aliphatic heterocycles. The van der Waals surface area contributed by atoms with Crippen LogP contribution in [0.5, 0.6) is 0 Å². The number of hydrogen-bond donors (Lipinski definition) is 2. The van der Waals surface area contributed by atoms with Gasteiger partial charge < -0.3 is 10.0 Å². The van der Waals surface area contributed by atoms with E-state index in [0.717, 1.165) is 35.6 Å². The van der Waals surface area contributed by atoms with Crippen LogP contribution < -0.4 is 10.5 Å². The molecule has 0 radical (unpaired) electrons. The van der Waals surface area contributed by atoms with Gasteiger partial charge in [0, 0.05) is 37.0 Å². The van der Waals surface area contributed by atoms with Crippen molar-refractivity contribution >= 4 is 16.7 Å². The maximum absolute atomic E-state index is 14.5. The molecule has 0 aliphatic carbocycles. The largest absolute Gasteiger partial charge is 0.395 e. The number of aromatic amines is 1. The highest BCUT2D eigenvalue weighted by Gasteiger charge is 2.24. The molecule has 2 aromatic carbocycles. The summed E-state index contributed by atoms with van der Waals surface area (Å²) in [6.07, 6.45) is 0. The highest BCUT2D eigenvalue weighted by Crippen LogP contribution is 2.28. The summed E-state index contributed by atoms with van der Waals surface area (Å²) < 4.78 is 15.6. The van der Waals surface area contributed by atoms with Gasteiger partial charge >= 0.3 is 0 Å². The molecule has 1 fully saturated rings. The third-order valence-corrected chi connectivity index (χ3v) is 6.34. The van der Waals surface area contributed by atoms with E-state index in [2.05, 4.69) is 25.1 Å². The van der Waals surface area contributed by atoms with Crippen LogP contribution in [0.3, 0.4) is 0 Å². The molecule has 5 rings (SSSR count). The van der Waals surface area contributed by atoms with E-state index in [1.807, 2.05) is 31.3 Å². The first kappa shape index (κ1) is 21.3. The van der Waals surface area contributed by atoms with Gasteiger partial charge in [0.15, 0.2) is 0 Å². The van der Waals surface area contributed by atoms with E-state index in [1.54, 1.807) is 19.1 Å². The fraction of sp³-hybridized carbons (Fsp3) is 0.292. The van der Waals surface area contributed by atoms with E-state index in [0.29, 0.717) is 22.3 Å². The van der Waals surface area contributed by atoms with E-state index in [4.69, 9.17) is 0 Å². The fourth-order valence-corrected chi connectivity index (χ4v) is 4.35. The van der Waals surface area contributed by atoms with Gasteiger partial charge in [-0.1, -0.05) is 24.3 Å². The van der Waals surface area contributed by atoms with E-state index < -0.39 is 11.4 Å². The smallest absolute Gasteiger partial charge is 0.273 e. The lowest BCUT2D eigenvalue weighted by atomic mass is 10.1. The van der Waals surface area contributed by atoms with Crippen LogP contribution in [0.15, 0.2) is 53.3 Å². The molecule has 170 valence electrons. The van der Waals surface area contributed by atoms with Crippen LogP contribution in [0, 0.1) is 12.7 Å². The van der Waals surface area contributed by atoms with Crippen molar-refractivity contribution in [1.29, 1.82) is 0 Å². The summed E-state index contributed by atoms with van der Waals surface area (Å²) >= 11 is 0. The molecular weight excluding hydrogens is 423 g/mol. The van der Waals surface area contributed by atoms with Crippen LogP contribution in [0.2, 0.25) is 0 Å². The fourth-order valence-electron chi connectivity index (χ4n) is 4.35. The Morgan fingerprint density at radius 3 is 2.70 bits per heavy atom. The van der Waals surface area contributed by atoms with E-state index >= 15 is 0 Å². The van der Waals surface area contributed by atoms with Gasteiger partial charge in [-0.15, -0.1) is 0 Å². The quantitative estimate of drug-likeness (QED) is 0.498. The molecule has 4 aromatic rings. The van der Waals surface area contributed by atoms with Gasteiger partial charge in [0.1, 0.15) is 22.7 Å². The number of rotatable bonds is 4. The summed E-state index contributed by atoms with van der Waals surface area (Å²) in [4.78, 5) is 17.1. The molecule has 1 atom stereocenters. The molecule has 1 saturated heterocycles. The Hall–Kier alpha value is -3.56. The maximum Gasteiger partial charge on any atom is 0.273 e. The number of aryl methyl sites for hydroxylation is 1. The number of aliphatic hydroxyl groups is 1. The zero-order valence-electron chi connectivity index (χ0n) is 18.5. The number of nitrogens with one attached hydrogen (secondary N) is 1. The van der Waals surface area contributed by atoms with Crippen LogP contribution >= 0.6 is 0 Å². The SMILES string of the molecule is Cc1cccc(F)c1-n1nc2c(-c3ccc(N4CCN(C)C(CO)C4)cc3)n[nH]c2cc1=O. The lowest BCUT2D eigenvalue weighted by molar-refractivity contribution is 0.135. The van der Waals surface area contributed by atoms with Crippen molar-refractivity contribution in [3.8, 4) is 16.9 Å². The number of H-pyrrole nitrogens is 1. The number of anilines is 1. The van der Waals surface area contributed by atoms with Crippen LogP contribution in [-0.2, 0) is 0 Å². The number of halogens is 1. The van der Waals surface area contributed by atoms with Gasteiger partial charge in [-0.3, -0.25) is 14.8 Å². The minimum absolute atomic E-state index is 0.108. The van der Waals surface area contributed by atoms with Crippen molar-refractivity contribution in [3.05, 3.63) is 70.3 Å². The van der Waals surface area contributed by atoms with Crippen molar-refractivity contribution in [2.45, 2.75) is 13.0 Å². The number of aliphatic hydroxyl groups excluding tert-OH is 1. The second-order valence-electron chi connectivity index (χ2n) is 8.44. The van der Waals surface area contributed by atoms with Crippen molar-refractivity contribution < 1.29 is 9.50 Å². The lowest BCUT2D eigenvalue weighted by Crippen LogP contribution is -2.53. The average molecular weight is 449 g/mol. The Morgan fingerprint density at radius 2 is 1.97 bits per heavy atom. The van der Waals surface area contributed by atoms with E-state index in [-0.39, 0.29) is 18.3 Å². The molecule has 1 unspecified atom stereocenters. The van der Waals surface area contributed by atoms with Gasteiger partial charge in [0.25, 0.3) is 5.56 Å². The van der Waals surface area contributed by atoms with Gasteiger partial charge in [-0.2, -0.15) is 14.9 Å². The van der Waals surface area contributed by atoms with Crippen LogP contribution in [0.25, 0.3) is 28.0 Å². The van der Waals surface area contributed by atoms with Crippen molar-refractivity contribution in [1.82, 2.24) is 24.9 Å². The average Bonchev–Trinajstić information content (AvgIpc) is 3.22. The Kier molecular flexibility index (Phi) is 5.43. The zero-order valence-corrected chi connectivity index (χ0v) is 18.5. The number of aromatic nitrogens is 4. The summed E-state index contributed by atoms with van der Waals surface area (Å²) in [7, 11) is 2.03. The van der Waals surface area contributed by atoms with Crippen molar-refractivity contribution in [2.75, 3.05) is 38.2 Å². The number of likely N-dealkylation sites (N-methyl/N-ethyl adjacent to an activating group) is 1. The second kappa shape index (κ2) is 8.42. The molecule has 33 heavy (non-hydrogen) atoms. The lowest BCUT2D eigenvalue weighted by Gasteiger charge is -2.39. The zero-order chi connectivity index (χ0) is 23.1. The van der Waals surface area contributed by atoms with E-state index in [1.165, 1.54) is 12.1 Å². The Bertz CT molecular complexity index is 1340. The molecule has 2 aromatic heterocycles. The first-order valence-corrected chi connectivity index (χ1v) is 10.9. The Morgan fingerprint density at radius 1 is 1.18 bits per heavy atom. The molecule has 0 bridgehead atoms. The Labute approximate surface area is 189 Å². The molecule has 9 heteroatoms. The number of hydrogen-bond acceptors (Lipinski definition) is 6. The predicted molar refractivity (Wildman–Crippen MR) is 125 cm³/mol. The summed E-state index contributed by atoms with van der Waals surface area (Å²) in [6.45, 7) is 4.39. The maximum atomic E-state index is 14.5. The summed E-state index contributed by atoms with van der Waals surface area (Å²) in [6, 6.07) is 14.1. The van der Waals surface area contributed by atoms with Gasteiger partial charge in [-0.05, 0) is 37.7 Å². The summed E-state index contributed by atoms with van der Waals surface area (Å²) in [5.74, 6) is -0.508. The first-order chi connectivity index (χ1) is 16.0. The van der Waals surface area contributed by atoms with Crippen LogP contribution in [0.4, 0.5) is 10.1 Å². The minimum atomic E-state index is -0.508. The molecular formula is C24H25FN6O2. The summed E-state index contributed by atoms with van der Waals surface area (Å²) in [5.41, 5.74) is 3.80.